The van der Waals surface area contributed by atoms with E-state index < -0.39 is 0 Å². The van der Waals surface area contributed by atoms with Crippen LogP contribution in [0.1, 0.15) is 31.7 Å². The van der Waals surface area contributed by atoms with Gasteiger partial charge in [-0.2, -0.15) is 0 Å². The maximum absolute atomic E-state index is 9.66. The van der Waals surface area contributed by atoms with Gasteiger partial charge in [-0.25, -0.2) is 9.97 Å². The number of aromatic nitrogens is 2. The van der Waals surface area contributed by atoms with Crippen LogP contribution >= 0.6 is 11.8 Å². The minimum Gasteiger partial charge on any atom is -0.391 e. The lowest BCUT2D eigenvalue weighted by atomic mass is 9.88. The highest BCUT2D eigenvalue weighted by Crippen LogP contribution is 2.36. The van der Waals surface area contributed by atoms with Gasteiger partial charge in [0.05, 0.1) is 18.3 Å². The van der Waals surface area contributed by atoms with E-state index in [9.17, 15) is 5.11 Å². The van der Waals surface area contributed by atoms with E-state index in [4.69, 9.17) is 4.74 Å². The van der Waals surface area contributed by atoms with Gasteiger partial charge in [-0.15, -0.1) is 0 Å². The quantitative estimate of drug-likeness (QED) is 0.675. The van der Waals surface area contributed by atoms with Crippen LogP contribution in [0.5, 0.6) is 0 Å². The van der Waals surface area contributed by atoms with Gasteiger partial charge >= 0.3 is 0 Å². The second kappa shape index (κ2) is 6.60. The van der Waals surface area contributed by atoms with Crippen molar-refractivity contribution < 1.29 is 9.84 Å². The van der Waals surface area contributed by atoms with Crippen molar-refractivity contribution in [2.45, 2.75) is 49.6 Å². The van der Waals surface area contributed by atoms with Crippen molar-refractivity contribution in [3.8, 4) is 0 Å². The molecule has 116 valence electrons. The highest BCUT2D eigenvalue weighted by molar-refractivity contribution is 7.99. The van der Waals surface area contributed by atoms with Crippen LogP contribution < -0.4 is 0 Å². The van der Waals surface area contributed by atoms with Crippen molar-refractivity contribution in [3.05, 3.63) is 18.0 Å². The molecule has 21 heavy (non-hydrogen) atoms. The fraction of sp³-hybridized carbons (Fsp3) is 0.733. The normalized spacial score (nSPS) is 25.5. The van der Waals surface area contributed by atoms with E-state index in [1.807, 2.05) is 12.4 Å². The summed E-state index contributed by atoms with van der Waals surface area (Å²) in [7, 11) is 0. The molecule has 1 aromatic rings. The lowest BCUT2D eigenvalue weighted by Gasteiger charge is -2.38. The predicted octanol–water partition coefficient (Wildman–Crippen LogP) is 1.70. The van der Waals surface area contributed by atoms with Crippen molar-refractivity contribution in [2.24, 2.45) is 0 Å². The first-order valence-electron chi connectivity index (χ1n) is 7.67. The van der Waals surface area contributed by atoms with E-state index in [0.717, 1.165) is 49.8 Å². The third-order valence-electron chi connectivity index (χ3n) is 4.32. The average Bonchev–Trinajstić information content (AvgIpc) is 2.85. The SMILES string of the molecule is CCSc1ncc(CN2CCC3(CC2)C[C@@H](O)CO3)cn1. The molecule has 0 aromatic carbocycles. The minimum absolute atomic E-state index is 0.0615. The topological polar surface area (TPSA) is 58.5 Å². The first-order valence-corrected chi connectivity index (χ1v) is 8.66. The number of piperidine rings is 1. The third-order valence-corrected chi connectivity index (χ3v) is 5.08. The predicted molar refractivity (Wildman–Crippen MR) is 82.2 cm³/mol. The molecule has 1 N–H and O–H groups in total. The Morgan fingerprint density at radius 3 is 2.67 bits per heavy atom. The number of hydrogen-bond donors (Lipinski definition) is 1. The summed E-state index contributed by atoms with van der Waals surface area (Å²) in [5.74, 6) is 0.999. The molecule has 1 atom stereocenters. The summed E-state index contributed by atoms with van der Waals surface area (Å²) in [5.41, 5.74) is 1.10. The van der Waals surface area contributed by atoms with Crippen LogP contribution in [0.15, 0.2) is 17.6 Å². The molecule has 1 spiro atoms. The van der Waals surface area contributed by atoms with E-state index in [1.54, 1.807) is 11.8 Å². The molecular formula is C15H23N3O2S. The van der Waals surface area contributed by atoms with Crippen LogP contribution in [0, 0.1) is 0 Å². The first kappa shape index (κ1) is 15.2. The first-order chi connectivity index (χ1) is 10.2. The Morgan fingerprint density at radius 2 is 2.10 bits per heavy atom. The molecule has 2 aliphatic rings. The molecule has 0 radical (unpaired) electrons. The zero-order valence-corrected chi connectivity index (χ0v) is 13.3. The molecule has 0 bridgehead atoms. The summed E-state index contributed by atoms with van der Waals surface area (Å²) < 4.78 is 5.83. The minimum atomic E-state index is -0.270. The van der Waals surface area contributed by atoms with E-state index >= 15 is 0 Å². The van der Waals surface area contributed by atoms with Gasteiger partial charge in [0.1, 0.15) is 0 Å². The van der Waals surface area contributed by atoms with E-state index in [1.165, 1.54) is 5.56 Å². The van der Waals surface area contributed by atoms with Gasteiger partial charge in [0, 0.05) is 44.0 Å². The van der Waals surface area contributed by atoms with Crippen molar-refractivity contribution >= 4 is 11.8 Å². The molecule has 2 fully saturated rings. The van der Waals surface area contributed by atoms with Crippen LogP contribution in [0.2, 0.25) is 0 Å². The number of rotatable bonds is 4. The Morgan fingerprint density at radius 1 is 1.38 bits per heavy atom. The zero-order chi connectivity index (χ0) is 14.7. The summed E-state index contributed by atoms with van der Waals surface area (Å²) in [6.45, 7) is 5.53. The van der Waals surface area contributed by atoms with Gasteiger partial charge in [0.2, 0.25) is 0 Å². The Labute approximate surface area is 130 Å². The van der Waals surface area contributed by atoms with E-state index in [0.29, 0.717) is 6.61 Å². The lowest BCUT2D eigenvalue weighted by Crippen LogP contribution is -2.43. The van der Waals surface area contributed by atoms with Crippen molar-refractivity contribution in [1.82, 2.24) is 14.9 Å². The molecule has 2 saturated heterocycles. The van der Waals surface area contributed by atoms with Gasteiger partial charge in [-0.3, -0.25) is 4.90 Å². The van der Waals surface area contributed by atoms with Gasteiger partial charge in [0.25, 0.3) is 0 Å². The highest BCUT2D eigenvalue weighted by atomic mass is 32.2. The van der Waals surface area contributed by atoms with Crippen LogP contribution in [0.3, 0.4) is 0 Å². The van der Waals surface area contributed by atoms with Crippen LogP contribution in [-0.4, -0.2) is 57.1 Å². The summed E-state index contributed by atoms with van der Waals surface area (Å²) in [6.07, 6.45) is 6.42. The average molecular weight is 309 g/mol. The standard InChI is InChI=1S/C15H23N3O2S/c1-2-21-14-16-8-12(9-17-14)10-18-5-3-15(4-6-18)7-13(19)11-20-15/h8-9,13,19H,2-7,10-11H2,1H3/t13-/m1/s1. The molecule has 6 heteroatoms. The largest absolute Gasteiger partial charge is 0.391 e. The van der Waals surface area contributed by atoms with Crippen LogP contribution in [-0.2, 0) is 11.3 Å². The number of aliphatic hydroxyl groups is 1. The Bertz CT molecular complexity index is 460. The second-order valence-corrected chi connectivity index (χ2v) is 7.17. The van der Waals surface area contributed by atoms with Gasteiger partial charge in [-0.05, 0) is 18.6 Å². The Kier molecular flexibility index (Phi) is 4.78. The zero-order valence-electron chi connectivity index (χ0n) is 12.5. The molecule has 1 aromatic heterocycles. The molecule has 5 nitrogen and oxygen atoms in total. The maximum Gasteiger partial charge on any atom is 0.187 e. The fourth-order valence-corrected chi connectivity index (χ4v) is 3.69. The number of thioether (sulfide) groups is 1. The number of aliphatic hydroxyl groups excluding tert-OH is 1. The van der Waals surface area contributed by atoms with Crippen LogP contribution in [0.4, 0.5) is 0 Å². The second-order valence-electron chi connectivity index (χ2n) is 5.94. The molecule has 2 aliphatic heterocycles. The number of hydrogen-bond acceptors (Lipinski definition) is 6. The smallest absolute Gasteiger partial charge is 0.187 e. The maximum atomic E-state index is 9.66. The third kappa shape index (κ3) is 3.74. The number of nitrogens with zero attached hydrogens (tertiary/aromatic N) is 3. The number of likely N-dealkylation sites (tertiary alicyclic amines) is 1. The van der Waals surface area contributed by atoms with Crippen molar-refractivity contribution in [3.63, 3.8) is 0 Å². The monoisotopic (exact) mass is 309 g/mol. The molecule has 0 amide bonds. The van der Waals surface area contributed by atoms with Crippen LogP contribution in [0.25, 0.3) is 0 Å². The van der Waals surface area contributed by atoms with Gasteiger partial charge < -0.3 is 9.84 Å². The lowest BCUT2D eigenvalue weighted by molar-refractivity contribution is -0.0456. The molecule has 3 heterocycles. The Hall–Kier alpha value is -0.690. The van der Waals surface area contributed by atoms with E-state index in [2.05, 4.69) is 21.8 Å². The highest BCUT2D eigenvalue weighted by Gasteiger charge is 2.41. The summed E-state index contributed by atoms with van der Waals surface area (Å²) in [6, 6.07) is 0. The Balaban J connectivity index is 1.51. The molecule has 0 aliphatic carbocycles. The van der Waals surface area contributed by atoms with Gasteiger partial charge in [0.15, 0.2) is 5.16 Å². The van der Waals surface area contributed by atoms with Gasteiger partial charge in [-0.1, -0.05) is 18.7 Å². The molecule has 3 rings (SSSR count). The molecule has 0 saturated carbocycles. The summed E-state index contributed by atoms with van der Waals surface area (Å²) in [5, 5.41) is 10.5. The molecule has 0 unspecified atom stereocenters. The fourth-order valence-electron chi connectivity index (χ4n) is 3.17. The van der Waals surface area contributed by atoms with Crippen molar-refractivity contribution in [2.75, 3.05) is 25.4 Å². The molecular weight excluding hydrogens is 286 g/mol. The summed E-state index contributed by atoms with van der Waals surface area (Å²) >= 11 is 1.67. The van der Waals surface area contributed by atoms with E-state index in [-0.39, 0.29) is 11.7 Å². The number of ether oxygens (including phenoxy) is 1. The summed E-state index contributed by atoms with van der Waals surface area (Å²) in [4.78, 5) is 11.2. The van der Waals surface area contributed by atoms with Crippen molar-refractivity contribution in [1.29, 1.82) is 0 Å².